The average Bonchev–Trinajstić information content (AvgIpc) is 3.62. The van der Waals surface area contributed by atoms with Crippen LogP contribution in [0.2, 0.25) is 0 Å². The Morgan fingerprint density at radius 1 is 1.00 bits per heavy atom. The number of hydrogen-bond acceptors (Lipinski definition) is 10. The number of benzene rings is 1. The molecule has 0 radical (unpaired) electrons. The minimum Gasteiger partial charge on any atom is -0.394 e. The first-order chi connectivity index (χ1) is 20.0. The number of aromatic nitrogens is 7. The largest absolute Gasteiger partial charge is 0.394 e. The molecule has 5 heterocycles. The van der Waals surface area contributed by atoms with E-state index in [2.05, 4.69) is 40.8 Å². The van der Waals surface area contributed by atoms with Crippen LogP contribution >= 0.6 is 0 Å². The molecular weight excluding hydrogens is 522 g/mol. The molecule has 12 heteroatoms. The first-order valence-electron chi connectivity index (χ1n) is 13.1. The van der Waals surface area contributed by atoms with Crippen LogP contribution in [0.25, 0.3) is 34.0 Å². The Morgan fingerprint density at radius 2 is 1.83 bits per heavy atom. The van der Waals surface area contributed by atoms with Crippen molar-refractivity contribution in [3.8, 4) is 23.0 Å². The number of fused-ring (bicyclic) bond motifs is 1. The Balaban J connectivity index is 1.38. The number of nitrogens with one attached hydrogen (secondary N) is 3. The van der Waals surface area contributed by atoms with Gasteiger partial charge in [0.25, 0.3) is 11.4 Å². The van der Waals surface area contributed by atoms with E-state index in [0.717, 1.165) is 5.56 Å². The second-order valence-corrected chi connectivity index (χ2v) is 9.64. The SMILES string of the molecule is CC(C)n1[nH]c(=O)c2ccc(Nc3cc(N[C@H](CO)c4ccccc4)c(-c4nc(-c5ccccn5)no4)cn3)nc21. The van der Waals surface area contributed by atoms with Gasteiger partial charge in [-0.3, -0.25) is 19.6 Å². The molecular formula is C29H27N9O3. The molecule has 0 amide bonds. The highest BCUT2D eigenvalue weighted by Gasteiger charge is 2.20. The van der Waals surface area contributed by atoms with Gasteiger partial charge >= 0.3 is 0 Å². The first-order valence-corrected chi connectivity index (χ1v) is 13.1. The molecule has 0 aliphatic heterocycles. The Morgan fingerprint density at radius 3 is 2.59 bits per heavy atom. The van der Waals surface area contributed by atoms with Gasteiger partial charge in [-0.15, -0.1) is 0 Å². The standard InChI is InChI=1S/C29H27N9O3/c1-17(2)38-27-19(28(40)36-38)11-12-24(34-27)33-25-14-22(32-23(16-39)18-8-4-3-5-9-18)20(15-31-25)29-35-26(37-41-29)21-10-6-7-13-30-21/h3-15,17,23,39H,16H2,1-2H3,(H,36,40)(H2,31,32,33,34)/t23-/m1/s1. The van der Waals surface area contributed by atoms with Crippen molar-refractivity contribution in [1.82, 2.24) is 34.9 Å². The van der Waals surface area contributed by atoms with Crippen LogP contribution < -0.4 is 16.2 Å². The number of rotatable bonds is 9. The molecule has 5 aromatic heterocycles. The summed E-state index contributed by atoms with van der Waals surface area (Å²) in [6.07, 6.45) is 3.27. The minimum atomic E-state index is -0.418. The molecule has 0 spiro atoms. The number of anilines is 3. The second kappa shape index (κ2) is 11.0. The summed E-state index contributed by atoms with van der Waals surface area (Å²) in [6, 6.07) is 19.9. The van der Waals surface area contributed by atoms with Crippen LogP contribution in [0.1, 0.15) is 31.5 Å². The van der Waals surface area contributed by atoms with Crippen LogP contribution in [0, 0.1) is 0 Å². The molecule has 0 bridgehead atoms. The number of aliphatic hydroxyl groups is 1. The van der Waals surface area contributed by atoms with E-state index in [4.69, 9.17) is 4.52 Å². The van der Waals surface area contributed by atoms with Crippen molar-refractivity contribution in [2.45, 2.75) is 25.9 Å². The fourth-order valence-corrected chi connectivity index (χ4v) is 4.46. The van der Waals surface area contributed by atoms with Gasteiger partial charge in [0, 0.05) is 24.5 Å². The number of nitrogens with zero attached hydrogens (tertiary/aromatic N) is 6. The topological polar surface area (TPSA) is 160 Å². The molecule has 0 unspecified atom stereocenters. The summed E-state index contributed by atoms with van der Waals surface area (Å²) in [5.74, 6) is 1.57. The zero-order chi connectivity index (χ0) is 28.3. The molecule has 12 nitrogen and oxygen atoms in total. The van der Waals surface area contributed by atoms with Gasteiger partial charge in [-0.1, -0.05) is 41.6 Å². The van der Waals surface area contributed by atoms with Gasteiger partial charge in [0.2, 0.25) is 5.82 Å². The van der Waals surface area contributed by atoms with E-state index in [-0.39, 0.29) is 24.1 Å². The van der Waals surface area contributed by atoms with Crippen molar-refractivity contribution in [3.63, 3.8) is 0 Å². The van der Waals surface area contributed by atoms with E-state index in [9.17, 15) is 9.90 Å². The molecule has 6 aromatic rings. The highest BCUT2D eigenvalue weighted by atomic mass is 16.5. The van der Waals surface area contributed by atoms with Gasteiger partial charge in [-0.05, 0) is 43.7 Å². The van der Waals surface area contributed by atoms with Gasteiger partial charge in [-0.25, -0.2) is 9.97 Å². The highest BCUT2D eigenvalue weighted by Crippen LogP contribution is 2.33. The highest BCUT2D eigenvalue weighted by molar-refractivity contribution is 5.79. The molecule has 0 aliphatic carbocycles. The van der Waals surface area contributed by atoms with Crippen molar-refractivity contribution < 1.29 is 9.63 Å². The van der Waals surface area contributed by atoms with E-state index >= 15 is 0 Å². The fraction of sp³-hybridized carbons (Fsp3) is 0.172. The van der Waals surface area contributed by atoms with E-state index in [1.807, 2.05) is 56.3 Å². The summed E-state index contributed by atoms with van der Waals surface area (Å²) in [7, 11) is 0. The summed E-state index contributed by atoms with van der Waals surface area (Å²) in [6.45, 7) is 3.78. The van der Waals surface area contributed by atoms with Gasteiger partial charge in [0.15, 0.2) is 5.65 Å². The average molecular weight is 550 g/mol. The summed E-state index contributed by atoms with van der Waals surface area (Å²) in [5, 5.41) is 24.3. The van der Waals surface area contributed by atoms with Crippen molar-refractivity contribution in [2.75, 3.05) is 17.2 Å². The van der Waals surface area contributed by atoms with Crippen molar-refractivity contribution >= 4 is 28.4 Å². The molecule has 206 valence electrons. The van der Waals surface area contributed by atoms with Crippen LogP contribution in [0.3, 0.4) is 0 Å². The Hall–Kier alpha value is -5.36. The molecule has 0 aliphatic rings. The van der Waals surface area contributed by atoms with Crippen LogP contribution in [0.5, 0.6) is 0 Å². The Kier molecular flexibility index (Phi) is 6.96. The summed E-state index contributed by atoms with van der Waals surface area (Å²) in [4.78, 5) is 30.4. The number of aromatic amines is 1. The quantitative estimate of drug-likeness (QED) is 0.199. The lowest BCUT2D eigenvalue weighted by molar-refractivity contribution is 0.276. The zero-order valence-electron chi connectivity index (χ0n) is 22.3. The van der Waals surface area contributed by atoms with Crippen LogP contribution in [-0.4, -0.2) is 46.6 Å². The van der Waals surface area contributed by atoms with Crippen molar-refractivity contribution in [3.05, 3.63) is 95.0 Å². The third kappa shape index (κ3) is 5.28. The molecule has 0 saturated carbocycles. The lowest BCUT2D eigenvalue weighted by Crippen LogP contribution is -2.15. The number of aliphatic hydroxyl groups excluding tert-OH is 1. The number of H-pyrrole nitrogens is 1. The van der Waals surface area contributed by atoms with E-state index in [1.165, 1.54) is 0 Å². The molecule has 0 saturated heterocycles. The van der Waals surface area contributed by atoms with Gasteiger partial charge in [-0.2, -0.15) is 4.98 Å². The number of pyridine rings is 3. The molecule has 4 N–H and O–H groups in total. The summed E-state index contributed by atoms with van der Waals surface area (Å²) >= 11 is 0. The predicted molar refractivity (Wildman–Crippen MR) is 155 cm³/mol. The van der Waals surface area contributed by atoms with Gasteiger partial charge < -0.3 is 20.3 Å². The molecule has 6 rings (SSSR count). The first kappa shape index (κ1) is 25.9. The maximum Gasteiger partial charge on any atom is 0.273 e. The van der Waals surface area contributed by atoms with Gasteiger partial charge in [0.05, 0.1) is 29.3 Å². The third-order valence-electron chi connectivity index (χ3n) is 6.51. The monoisotopic (exact) mass is 549 g/mol. The normalized spacial score (nSPS) is 12.1. The Bertz CT molecular complexity index is 1850. The van der Waals surface area contributed by atoms with E-state index < -0.39 is 6.04 Å². The minimum absolute atomic E-state index is 0.0231. The Labute approximate surface area is 234 Å². The lowest BCUT2D eigenvalue weighted by atomic mass is 10.1. The van der Waals surface area contributed by atoms with Gasteiger partial charge in [0.1, 0.15) is 17.3 Å². The fourth-order valence-electron chi connectivity index (χ4n) is 4.46. The zero-order valence-corrected chi connectivity index (χ0v) is 22.3. The van der Waals surface area contributed by atoms with Crippen molar-refractivity contribution in [1.29, 1.82) is 0 Å². The third-order valence-corrected chi connectivity index (χ3v) is 6.51. The van der Waals surface area contributed by atoms with E-state index in [0.29, 0.717) is 45.4 Å². The molecule has 0 fully saturated rings. The number of hydrogen-bond donors (Lipinski definition) is 4. The smallest absolute Gasteiger partial charge is 0.273 e. The summed E-state index contributed by atoms with van der Waals surface area (Å²) in [5.41, 5.74) is 2.97. The lowest BCUT2D eigenvalue weighted by Gasteiger charge is -2.20. The maximum absolute atomic E-state index is 12.3. The van der Waals surface area contributed by atoms with Crippen LogP contribution in [0.15, 0.2) is 88.4 Å². The predicted octanol–water partition coefficient (Wildman–Crippen LogP) is 4.70. The van der Waals surface area contributed by atoms with Crippen molar-refractivity contribution in [2.24, 2.45) is 0 Å². The van der Waals surface area contributed by atoms with Crippen LogP contribution in [0.4, 0.5) is 17.3 Å². The van der Waals surface area contributed by atoms with E-state index in [1.54, 1.807) is 41.3 Å². The van der Waals surface area contributed by atoms with Crippen LogP contribution in [-0.2, 0) is 0 Å². The molecule has 41 heavy (non-hydrogen) atoms. The molecule has 1 atom stereocenters. The summed E-state index contributed by atoms with van der Waals surface area (Å²) < 4.78 is 7.33. The maximum atomic E-state index is 12.3. The second-order valence-electron chi connectivity index (χ2n) is 9.64. The molecule has 1 aromatic carbocycles.